The summed E-state index contributed by atoms with van der Waals surface area (Å²) in [7, 11) is 1.68. The number of cyclic esters (lactones) is 1. The molecule has 10 heteroatoms. The molecule has 3 aromatic rings. The molecule has 4 rings (SSSR count). The number of ether oxygens (including phenoxy) is 2. The molecule has 2 aromatic carbocycles. The van der Waals surface area contributed by atoms with Crippen molar-refractivity contribution in [3.8, 4) is 11.8 Å². The van der Waals surface area contributed by atoms with Crippen molar-refractivity contribution >= 4 is 46.5 Å². The zero-order valence-electron chi connectivity index (χ0n) is 17.1. The number of para-hydroxylation sites is 2. The van der Waals surface area contributed by atoms with Crippen molar-refractivity contribution in [3.63, 3.8) is 0 Å². The minimum Gasteiger partial charge on any atom is -0.477 e. The van der Waals surface area contributed by atoms with Gasteiger partial charge in [-0.2, -0.15) is 10.2 Å². The van der Waals surface area contributed by atoms with Gasteiger partial charge in [0.15, 0.2) is 12.4 Å². The molecule has 32 heavy (non-hydrogen) atoms. The van der Waals surface area contributed by atoms with E-state index in [9.17, 15) is 4.79 Å². The summed E-state index contributed by atoms with van der Waals surface area (Å²) < 4.78 is 10.6. The molecule has 9 nitrogen and oxygen atoms in total. The molecule has 0 saturated carbocycles. The average Bonchev–Trinajstić information content (AvgIpc) is 2.93. The fraction of sp³-hybridized carbons (Fsp3) is 0.182. The molecule has 0 spiro atoms. The Bertz CT molecular complexity index is 1200. The first-order valence-corrected chi connectivity index (χ1v) is 10.1. The highest BCUT2D eigenvalue weighted by atomic mass is 35.5. The van der Waals surface area contributed by atoms with Crippen molar-refractivity contribution in [2.45, 2.75) is 6.42 Å². The van der Waals surface area contributed by atoms with Crippen LogP contribution in [0.1, 0.15) is 5.56 Å². The molecule has 0 unspecified atom stereocenters. The van der Waals surface area contributed by atoms with Gasteiger partial charge in [-0.1, -0.05) is 23.7 Å². The monoisotopic (exact) mass is 450 g/mol. The number of halogens is 1. The standard InChI is InChI=1S/C22H19ClN6O3/c1-29-18-7-6-15(12-14(18)8-10-32-22(29)30)26-21-25-13-16(23)20(28-21)27-17-4-2-3-5-19(17)31-11-9-24/h2-7,12-13H,8,10-11H2,1H3,(H2,25,26,27,28). The quantitative estimate of drug-likeness (QED) is 0.558. The van der Waals surface area contributed by atoms with Gasteiger partial charge in [0.2, 0.25) is 5.95 Å². The fourth-order valence-corrected chi connectivity index (χ4v) is 3.35. The highest BCUT2D eigenvalue weighted by molar-refractivity contribution is 6.32. The number of hydrogen-bond donors (Lipinski definition) is 2. The number of aromatic nitrogens is 2. The number of amides is 1. The first-order valence-electron chi connectivity index (χ1n) is 9.74. The third-order valence-corrected chi connectivity index (χ3v) is 5.02. The molecular weight excluding hydrogens is 432 g/mol. The van der Waals surface area contributed by atoms with Gasteiger partial charge in [-0.15, -0.1) is 0 Å². The molecule has 1 aromatic heterocycles. The lowest BCUT2D eigenvalue weighted by Crippen LogP contribution is -2.25. The second kappa shape index (κ2) is 9.41. The first kappa shape index (κ1) is 21.2. The number of benzene rings is 2. The van der Waals surface area contributed by atoms with Crippen LogP contribution in [0.4, 0.5) is 33.6 Å². The summed E-state index contributed by atoms with van der Waals surface area (Å²) in [4.78, 5) is 22.1. The van der Waals surface area contributed by atoms with Gasteiger partial charge >= 0.3 is 6.09 Å². The molecule has 0 bridgehead atoms. The average molecular weight is 451 g/mol. The summed E-state index contributed by atoms with van der Waals surface area (Å²) in [5.74, 6) is 1.22. The van der Waals surface area contributed by atoms with Gasteiger partial charge in [0, 0.05) is 19.2 Å². The van der Waals surface area contributed by atoms with E-state index < -0.39 is 0 Å². The van der Waals surface area contributed by atoms with Crippen LogP contribution in [0.25, 0.3) is 0 Å². The Kier molecular flexibility index (Phi) is 6.24. The highest BCUT2D eigenvalue weighted by Gasteiger charge is 2.20. The van der Waals surface area contributed by atoms with E-state index in [2.05, 4.69) is 20.6 Å². The summed E-state index contributed by atoms with van der Waals surface area (Å²) in [6.45, 7) is 0.242. The summed E-state index contributed by atoms with van der Waals surface area (Å²) in [5.41, 5.74) is 3.15. The number of carbonyl (C=O) groups excluding carboxylic acids is 1. The van der Waals surface area contributed by atoms with Crippen molar-refractivity contribution < 1.29 is 14.3 Å². The van der Waals surface area contributed by atoms with Crippen LogP contribution in [0.5, 0.6) is 5.75 Å². The molecule has 0 atom stereocenters. The van der Waals surface area contributed by atoms with Crippen LogP contribution < -0.4 is 20.3 Å². The smallest absolute Gasteiger partial charge is 0.414 e. The van der Waals surface area contributed by atoms with Crippen LogP contribution in [0.3, 0.4) is 0 Å². The first-order chi connectivity index (χ1) is 15.5. The minimum atomic E-state index is -0.375. The number of rotatable bonds is 6. The second-order valence-corrected chi connectivity index (χ2v) is 7.26. The maximum atomic E-state index is 11.9. The van der Waals surface area contributed by atoms with E-state index in [-0.39, 0.29) is 12.7 Å². The molecule has 0 fully saturated rings. The molecular formula is C22H19ClN6O3. The summed E-state index contributed by atoms with van der Waals surface area (Å²) in [5, 5.41) is 15.4. The van der Waals surface area contributed by atoms with Crippen molar-refractivity contribution in [1.82, 2.24) is 9.97 Å². The largest absolute Gasteiger partial charge is 0.477 e. The van der Waals surface area contributed by atoms with Gasteiger partial charge in [0.1, 0.15) is 16.8 Å². The lowest BCUT2D eigenvalue weighted by molar-refractivity contribution is 0.159. The number of nitriles is 1. The van der Waals surface area contributed by atoms with E-state index in [4.69, 9.17) is 26.3 Å². The van der Waals surface area contributed by atoms with Gasteiger partial charge in [-0.25, -0.2) is 9.78 Å². The lowest BCUT2D eigenvalue weighted by atomic mass is 10.1. The molecule has 1 amide bonds. The number of nitrogens with one attached hydrogen (secondary N) is 2. The molecule has 1 aliphatic rings. The van der Waals surface area contributed by atoms with Crippen LogP contribution >= 0.6 is 11.6 Å². The van der Waals surface area contributed by atoms with Crippen molar-refractivity contribution in [2.75, 3.05) is 35.8 Å². The van der Waals surface area contributed by atoms with Crippen LogP contribution in [-0.4, -0.2) is 36.3 Å². The van der Waals surface area contributed by atoms with E-state index in [0.29, 0.717) is 41.3 Å². The normalized spacial score (nSPS) is 12.8. The van der Waals surface area contributed by atoms with Gasteiger partial charge < -0.3 is 20.1 Å². The molecule has 0 aliphatic carbocycles. The Morgan fingerprint density at radius 2 is 2.12 bits per heavy atom. The summed E-state index contributed by atoms with van der Waals surface area (Å²) >= 11 is 6.29. The van der Waals surface area contributed by atoms with Crippen LogP contribution in [0.15, 0.2) is 48.7 Å². The van der Waals surface area contributed by atoms with Gasteiger partial charge in [0.25, 0.3) is 0 Å². The Morgan fingerprint density at radius 3 is 2.97 bits per heavy atom. The summed E-state index contributed by atoms with van der Waals surface area (Å²) in [6, 6.07) is 14.7. The molecule has 2 N–H and O–H groups in total. The molecule has 2 heterocycles. The molecule has 162 valence electrons. The predicted octanol–water partition coefficient (Wildman–Crippen LogP) is 4.65. The van der Waals surface area contributed by atoms with Gasteiger partial charge in [-0.3, -0.25) is 4.90 Å². The Morgan fingerprint density at radius 1 is 1.28 bits per heavy atom. The molecule has 0 radical (unpaired) electrons. The topological polar surface area (TPSA) is 112 Å². The number of hydrogen-bond acceptors (Lipinski definition) is 8. The number of carbonyl (C=O) groups is 1. The zero-order chi connectivity index (χ0) is 22.5. The van der Waals surface area contributed by atoms with Crippen molar-refractivity contribution in [1.29, 1.82) is 5.26 Å². The second-order valence-electron chi connectivity index (χ2n) is 6.85. The number of fused-ring (bicyclic) bond motifs is 1. The van der Waals surface area contributed by atoms with Crippen molar-refractivity contribution in [2.24, 2.45) is 0 Å². The highest BCUT2D eigenvalue weighted by Crippen LogP contribution is 2.31. The minimum absolute atomic E-state index is 0.0762. The molecule has 0 saturated heterocycles. The van der Waals surface area contributed by atoms with E-state index in [1.54, 1.807) is 25.2 Å². The lowest BCUT2D eigenvalue weighted by Gasteiger charge is -2.17. The molecule has 1 aliphatic heterocycles. The Balaban J connectivity index is 1.56. The maximum absolute atomic E-state index is 11.9. The Labute approximate surface area is 189 Å². The van der Waals surface area contributed by atoms with Crippen LogP contribution in [-0.2, 0) is 11.2 Å². The van der Waals surface area contributed by atoms with Crippen LogP contribution in [0.2, 0.25) is 5.02 Å². The predicted molar refractivity (Wildman–Crippen MR) is 121 cm³/mol. The third-order valence-electron chi connectivity index (χ3n) is 4.74. The van der Waals surface area contributed by atoms with Gasteiger partial charge in [-0.05, 0) is 35.9 Å². The SMILES string of the molecule is CN1C(=O)OCCc2cc(Nc3ncc(Cl)c(Nc4ccccc4OCC#N)n3)ccc21. The van der Waals surface area contributed by atoms with E-state index >= 15 is 0 Å². The maximum Gasteiger partial charge on any atom is 0.414 e. The number of anilines is 5. The Hall–Kier alpha value is -4.03. The third kappa shape index (κ3) is 4.66. The number of nitrogens with zero attached hydrogens (tertiary/aromatic N) is 4. The van der Waals surface area contributed by atoms with Crippen molar-refractivity contribution in [3.05, 3.63) is 59.2 Å². The van der Waals surface area contributed by atoms with Crippen LogP contribution in [0, 0.1) is 11.3 Å². The zero-order valence-corrected chi connectivity index (χ0v) is 17.9. The fourth-order valence-electron chi connectivity index (χ4n) is 3.21. The summed E-state index contributed by atoms with van der Waals surface area (Å²) in [6.07, 6.45) is 1.72. The van der Waals surface area contributed by atoms with E-state index in [0.717, 1.165) is 16.9 Å². The van der Waals surface area contributed by atoms with Gasteiger partial charge in [0.05, 0.1) is 24.2 Å². The van der Waals surface area contributed by atoms with E-state index in [1.165, 1.54) is 11.1 Å². The van der Waals surface area contributed by atoms with E-state index in [1.807, 2.05) is 30.3 Å².